The summed E-state index contributed by atoms with van der Waals surface area (Å²) >= 11 is 6.12. The van der Waals surface area contributed by atoms with Gasteiger partial charge in [-0.15, -0.1) is 0 Å². The number of nitrogens with zero attached hydrogens (tertiary/aromatic N) is 2. The molecule has 31 heavy (non-hydrogen) atoms. The van der Waals surface area contributed by atoms with E-state index in [0.717, 1.165) is 33.8 Å². The van der Waals surface area contributed by atoms with Crippen molar-refractivity contribution in [3.05, 3.63) is 112 Å². The van der Waals surface area contributed by atoms with Crippen LogP contribution in [0.15, 0.2) is 101 Å². The van der Waals surface area contributed by atoms with Gasteiger partial charge in [0.25, 0.3) is 0 Å². The van der Waals surface area contributed by atoms with Gasteiger partial charge in [0, 0.05) is 5.02 Å². The summed E-state index contributed by atoms with van der Waals surface area (Å²) in [5.74, 6) is -0.0451. The summed E-state index contributed by atoms with van der Waals surface area (Å²) in [6.45, 7) is 0. The van der Waals surface area contributed by atoms with Crippen LogP contribution >= 0.6 is 11.6 Å². The van der Waals surface area contributed by atoms with Gasteiger partial charge in [-0.05, 0) is 35.4 Å². The van der Waals surface area contributed by atoms with E-state index >= 15 is 0 Å². The minimum absolute atomic E-state index is 0.0525. The number of anilines is 1. The molecule has 0 aliphatic carbocycles. The van der Waals surface area contributed by atoms with Crippen LogP contribution in [0.4, 0.5) is 11.4 Å². The number of nitriles is 1. The Morgan fingerprint density at radius 3 is 2.42 bits per heavy atom. The molecule has 0 spiro atoms. The summed E-state index contributed by atoms with van der Waals surface area (Å²) < 4.78 is 5.92. The fraction of sp³-hybridized carbons (Fsp3) is 0.0400. The molecule has 6 heteroatoms. The SMILES string of the molecule is N#CC1=C(N)OC2=Nc3ccccc3NC(c3ccccc3)=C2[C@H]1c1ccc(Cl)cc1. The van der Waals surface area contributed by atoms with Crippen molar-refractivity contribution in [2.45, 2.75) is 5.92 Å². The van der Waals surface area contributed by atoms with E-state index in [-0.39, 0.29) is 5.88 Å². The third-order valence-corrected chi connectivity index (χ3v) is 5.57. The second-order valence-corrected chi connectivity index (χ2v) is 7.63. The van der Waals surface area contributed by atoms with Crippen LogP contribution in [0.2, 0.25) is 5.02 Å². The summed E-state index contributed by atoms with van der Waals surface area (Å²) in [5.41, 5.74) is 11.5. The monoisotopic (exact) mass is 424 g/mol. The van der Waals surface area contributed by atoms with Gasteiger partial charge in [-0.25, -0.2) is 4.99 Å². The van der Waals surface area contributed by atoms with Crippen molar-refractivity contribution in [3.8, 4) is 6.07 Å². The second kappa shape index (κ2) is 7.67. The summed E-state index contributed by atoms with van der Waals surface area (Å²) in [5, 5.41) is 14.1. The van der Waals surface area contributed by atoms with Crippen molar-refractivity contribution in [2.24, 2.45) is 10.7 Å². The topological polar surface area (TPSA) is 83.4 Å². The lowest BCUT2D eigenvalue weighted by molar-refractivity contribution is 0.388. The smallest absolute Gasteiger partial charge is 0.228 e. The Labute approximate surface area is 184 Å². The van der Waals surface area contributed by atoms with Gasteiger partial charge >= 0.3 is 0 Å². The number of para-hydroxylation sites is 2. The summed E-state index contributed by atoms with van der Waals surface area (Å²) in [4.78, 5) is 4.77. The number of aliphatic imine (C=N–C) groups is 1. The number of halogens is 1. The Hall–Kier alpha value is -4.01. The number of hydrogen-bond donors (Lipinski definition) is 2. The van der Waals surface area contributed by atoms with Gasteiger partial charge in [-0.2, -0.15) is 5.26 Å². The minimum Gasteiger partial charge on any atom is -0.422 e. The van der Waals surface area contributed by atoms with E-state index in [1.54, 1.807) is 12.1 Å². The maximum Gasteiger partial charge on any atom is 0.228 e. The van der Waals surface area contributed by atoms with Crippen LogP contribution in [-0.2, 0) is 4.74 Å². The molecular formula is C25H17ClN4O. The zero-order chi connectivity index (χ0) is 21.4. The number of hydrogen-bond acceptors (Lipinski definition) is 5. The number of allylic oxidation sites excluding steroid dienone is 1. The Kier molecular flexibility index (Phi) is 4.70. The third-order valence-electron chi connectivity index (χ3n) is 5.32. The molecule has 2 aliphatic rings. The first-order valence-electron chi connectivity index (χ1n) is 9.73. The molecule has 2 aliphatic heterocycles. The molecule has 1 atom stereocenters. The van der Waals surface area contributed by atoms with Crippen molar-refractivity contribution in [1.29, 1.82) is 5.26 Å². The van der Waals surface area contributed by atoms with E-state index in [2.05, 4.69) is 11.4 Å². The molecule has 2 heterocycles. The van der Waals surface area contributed by atoms with Gasteiger partial charge in [0.2, 0.25) is 11.8 Å². The van der Waals surface area contributed by atoms with Gasteiger partial charge < -0.3 is 15.8 Å². The quantitative estimate of drug-likeness (QED) is 0.551. The first-order valence-corrected chi connectivity index (χ1v) is 10.1. The van der Waals surface area contributed by atoms with Crippen molar-refractivity contribution in [1.82, 2.24) is 0 Å². The lowest BCUT2D eigenvalue weighted by Crippen LogP contribution is -2.28. The zero-order valence-corrected chi connectivity index (χ0v) is 17.1. The lowest BCUT2D eigenvalue weighted by atomic mass is 9.81. The number of fused-ring (bicyclic) bond motifs is 2. The largest absolute Gasteiger partial charge is 0.422 e. The highest BCUT2D eigenvalue weighted by atomic mass is 35.5. The molecule has 0 saturated heterocycles. The highest BCUT2D eigenvalue weighted by molar-refractivity contribution is 6.30. The van der Waals surface area contributed by atoms with Crippen molar-refractivity contribution >= 4 is 34.6 Å². The van der Waals surface area contributed by atoms with Crippen LogP contribution in [0.5, 0.6) is 0 Å². The maximum atomic E-state index is 9.96. The fourth-order valence-electron chi connectivity index (χ4n) is 3.89. The Morgan fingerprint density at radius 1 is 0.968 bits per heavy atom. The van der Waals surface area contributed by atoms with Crippen LogP contribution in [-0.4, -0.2) is 5.90 Å². The van der Waals surface area contributed by atoms with E-state index in [1.165, 1.54) is 0 Å². The molecule has 0 aromatic heterocycles. The summed E-state index contributed by atoms with van der Waals surface area (Å²) in [6, 6.07) is 27.3. The molecule has 0 unspecified atom stereocenters. The molecule has 0 radical (unpaired) electrons. The predicted molar refractivity (Wildman–Crippen MR) is 123 cm³/mol. The number of nitrogens with two attached hydrogens (primary N) is 1. The highest BCUT2D eigenvalue weighted by Gasteiger charge is 2.38. The average molecular weight is 425 g/mol. The minimum atomic E-state index is -0.466. The van der Waals surface area contributed by atoms with E-state index in [0.29, 0.717) is 16.5 Å². The number of benzene rings is 3. The first-order chi connectivity index (χ1) is 15.2. The third kappa shape index (κ3) is 3.33. The molecular weight excluding hydrogens is 408 g/mol. The number of rotatable bonds is 2. The average Bonchev–Trinajstić information content (AvgIpc) is 2.96. The van der Waals surface area contributed by atoms with Crippen molar-refractivity contribution < 1.29 is 4.74 Å². The molecule has 0 fully saturated rings. The molecule has 5 rings (SSSR count). The van der Waals surface area contributed by atoms with Crippen molar-refractivity contribution in [3.63, 3.8) is 0 Å². The van der Waals surface area contributed by atoms with Crippen molar-refractivity contribution in [2.75, 3.05) is 5.32 Å². The van der Waals surface area contributed by atoms with Crippen LogP contribution in [0.25, 0.3) is 5.70 Å². The van der Waals surface area contributed by atoms with Gasteiger partial charge in [0.05, 0.1) is 28.6 Å². The van der Waals surface area contributed by atoms with E-state index < -0.39 is 5.92 Å². The van der Waals surface area contributed by atoms with Gasteiger partial charge in [0.15, 0.2) is 0 Å². The number of nitrogens with one attached hydrogen (secondary N) is 1. The fourth-order valence-corrected chi connectivity index (χ4v) is 4.01. The van der Waals surface area contributed by atoms with E-state index in [9.17, 15) is 5.26 Å². The molecule has 3 aromatic carbocycles. The molecule has 3 N–H and O–H groups in total. The molecule has 0 amide bonds. The Bertz CT molecular complexity index is 1300. The maximum absolute atomic E-state index is 9.96. The Balaban J connectivity index is 1.84. The van der Waals surface area contributed by atoms with Crippen LogP contribution < -0.4 is 11.1 Å². The molecule has 0 saturated carbocycles. The van der Waals surface area contributed by atoms with Crippen LogP contribution in [0.1, 0.15) is 17.0 Å². The normalized spacial score (nSPS) is 17.4. The molecule has 150 valence electrons. The van der Waals surface area contributed by atoms with Gasteiger partial charge in [-0.3, -0.25) is 0 Å². The molecule has 0 bridgehead atoms. The second-order valence-electron chi connectivity index (χ2n) is 7.19. The first kappa shape index (κ1) is 19.0. The van der Waals surface area contributed by atoms with Crippen LogP contribution in [0.3, 0.4) is 0 Å². The van der Waals surface area contributed by atoms with Crippen LogP contribution in [0, 0.1) is 11.3 Å². The number of ether oxygens (including phenoxy) is 1. The molecule has 5 nitrogen and oxygen atoms in total. The van der Waals surface area contributed by atoms with E-state index in [4.69, 9.17) is 27.1 Å². The molecule has 3 aromatic rings. The lowest BCUT2D eigenvalue weighted by Gasteiger charge is -2.29. The predicted octanol–water partition coefficient (Wildman–Crippen LogP) is 5.71. The van der Waals surface area contributed by atoms with Gasteiger partial charge in [-0.1, -0.05) is 66.2 Å². The van der Waals surface area contributed by atoms with E-state index in [1.807, 2.05) is 66.7 Å². The summed E-state index contributed by atoms with van der Waals surface area (Å²) in [7, 11) is 0. The zero-order valence-electron chi connectivity index (χ0n) is 16.3. The summed E-state index contributed by atoms with van der Waals surface area (Å²) in [6.07, 6.45) is 0. The Morgan fingerprint density at radius 2 is 1.68 bits per heavy atom. The standard InChI is InChI=1S/C25H17ClN4O/c26-17-12-10-15(11-13-17)21-18(14-27)24(28)31-25-22(21)23(16-6-2-1-3-7-16)29-19-8-4-5-9-20(19)30-25/h1-13,21,29H,28H2/t21-/m0/s1. The highest BCUT2D eigenvalue weighted by Crippen LogP contribution is 2.45. The van der Waals surface area contributed by atoms with Gasteiger partial charge in [0.1, 0.15) is 11.6 Å².